The highest BCUT2D eigenvalue weighted by Crippen LogP contribution is 2.20. The van der Waals surface area contributed by atoms with Crippen LogP contribution in [-0.2, 0) is 4.79 Å². The van der Waals surface area contributed by atoms with Gasteiger partial charge in [-0.1, -0.05) is 0 Å². The van der Waals surface area contributed by atoms with E-state index < -0.39 is 0 Å². The molecule has 0 saturated carbocycles. The van der Waals surface area contributed by atoms with Crippen molar-refractivity contribution in [3.63, 3.8) is 0 Å². The molecule has 1 aliphatic heterocycles. The van der Waals surface area contributed by atoms with Gasteiger partial charge in [0.1, 0.15) is 0 Å². The first-order valence-electron chi connectivity index (χ1n) is 5.67. The number of rotatable bonds is 5. The van der Waals surface area contributed by atoms with Crippen molar-refractivity contribution in [2.45, 2.75) is 24.5 Å². The largest absolute Gasteiger partial charge is 0.344 e. The first-order valence-corrected chi connectivity index (χ1v) is 6.72. The normalized spacial score (nSPS) is 16.8. The highest BCUT2D eigenvalue weighted by molar-refractivity contribution is 8.00. The van der Waals surface area contributed by atoms with Crippen LogP contribution in [0, 0.1) is 11.3 Å². The quantitative estimate of drug-likeness (QED) is 0.775. The topological polar surface area (TPSA) is 56.1 Å². The first kappa shape index (κ1) is 13.3. The molecule has 0 aromatic heterocycles. The van der Waals surface area contributed by atoms with E-state index in [9.17, 15) is 4.79 Å². The van der Waals surface area contributed by atoms with Crippen molar-refractivity contribution in [3.05, 3.63) is 0 Å². The summed E-state index contributed by atoms with van der Waals surface area (Å²) >= 11 is 1.75. The van der Waals surface area contributed by atoms with Gasteiger partial charge in [0.2, 0.25) is 5.91 Å². The van der Waals surface area contributed by atoms with Gasteiger partial charge in [0.15, 0.2) is 0 Å². The summed E-state index contributed by atoms with van der Waals surface area (Å²) in [5.41, 5.74) is 0. The number of hydrogen-bond donors (Lipinski definition) is 1. The monoisotopic (exact) mass is 241 g/mol. The van der Waals surface area contributed by atoms with Crippen LogP contribution >= 0.6 is 11.8 Å². The minimum absolute atomic E-state index is 0.138. The molecule has 0 bridgehead atoms. The summed E-state index contributed by atoms with van der Waals surface area (Å²) < 4.78 is 0. The molecule has 1 rings (SSSR count). The fourth-order valence-corrected chi connectivity index (χ4v) is 2.77. The number of nitrogens with zero attached hydrogens (tertiary/aromatic N) is 2. The molecule has 1 amide bonds. The average molecular weight is 241 g/mol. The van der Waals surface area contributed by atoms with E-state index in [4.69, 9.17) is 5.26 Å². The van der Waals surface area contributed by atoms with Gasteiger partial charge in [0, 0.05) is 18.8 Å². The van der Waals surface area contributed by atoms with Crippen molar-refractivity contribution in [3.8, 4) is 6.07 Å². The van der Waals surface area contributed by atoms with Crippen LogP contribution < -0.4 is 5.32 Å². The maximum Gasteiger partial charge on any atom is 0.232 e. The van der Waals surface area contributed by atoms with Gasteiger partial charge in [-0.25, -0.2) is 0 Å². The third kappa shape index (κ3) is 4.86. The molecule has 1 heterocycles. The lowest BCUT2D eigenvalue weighted by atomic mass is 10.2. The van der Waals surface area contributed by atoms with Gasteiger partial charge < -0.3 is 10.2 Å². The van der Waals surface area contributed by atoms with Crippen LogP contribution in [-0.4, -0.2) is 48.5 Å². The highest BCUT2D eigenvalue weighted by Gasteiger charge is 2.16. The van der Waals surface area contributed by atoms with E-state index in [0.29, 0.717) is 24.0 Å². The molecule has 1 aliphatic rings. The van der Waals surface area contributed by atoms with E-state index in [0.717, 1.165) is 25.9 Å². The average Bonchev–Trinajstić information content (AvgIpc) is 2.34. The minimum atomic E-state index is 0.138. The standard InChI is InChI=1S/C11H19N3OS/c1-14(8-2-5-12)11(15)9-16-10-3-6-13-7-4-10/h10,13H,2-4,6-9H2,1H3. The maximum atomic E-state index is 11.7. The number of nitrogens with one attached hydrogen (secondary N) is 1. The van der Waals surface area contributed by atoms with E-state index in [1.165, 1.54) is 0 Å². The molecule has 5 heteroatoms. The van der Waals surface area contributed by atoms with Crippen LogP contribution in [0.5, 0.6) is 0 Å². The SMILES string of the molecule is CN(CCC#N)C(=O)CSC1CCNCC1. The van der Waals surface area contributed by atoms with E-state index in [-0.39, 0.29) is 5.91 Å². The zero-order chi connectivity index (χ0) is 11.8. The molecule has 0 aromatic carbocycles. The van der Waals surface area contributed by atoms with Gasteiger partial charge in [-0.15, -0.1) is 11.8 Å². The van der Waals surface area contributed by atoms with Crippen LogP contribution in [0.3, 0.4) is 0 Å². The van der Waals surface area contributed by atoms with Crippen LogP contribution in [0.2, 0.25) is 0 Å². The maximum absolute atomic E-state index is 11.7. The number of carbonyl (C=O) groups excluding carboxylic acids is 1. The second kappa shape index (κ2) is 7.53. The Bertz CT molecular complexity index is 258. The van der Waals surface area contributed by atoms with Crippen molar-refractivity contribution in [1.82, 2.24) is 10.2 Å². The predicted octanol–water partition coefficient (Wildman–Crippen LogP) is 0.844. The van der Waals surface area contributed by atoms with Gasteiger partial charge in [-0.3, -0.25) is 4.79 Å². The molecule has 0 aliphatic carbocycles. The second-order valence-corrected chi connectivity index (χ2v) is 5.27. The summed E-state index contributed by atoms with van der Waals surface area (Å²) in [5, 5.41) is 12.4. The predicted molar refractivity (Wildman–Crippen MR) is 66.2 cm³/mol. The Kier molecular flexibility index (Phi) is 6.27. The van der Waals surface area contributed by atoms with Crippen molar-refractivity contribution in [1.29, 1.82) is 5.26 Å². The van der Waals surface area contributed by atoms with Gasteiger partial charge in [-0.2, -0.15) is 5.26 Å². The smallest absolute Gasteiger partial charge is 0.232 e. The third-order valence-electron chi connectivity index (χ3n) is 2.71. The molecule has 1 saturated heterocycles. The molecular formula is C11H19N3OS. The molecule has 1 N–H and O–H groups in total. The summed E-state index contributed by atoms with van der Waals surface area (Å²) in [7, 11) is 1.77. The van der Waals surface area contributed by atoms with Crippen LogP contribution in [0.1, 0.15) is 19.3 Å². The van der Waals surface area contributed by atoms with Crippen molar-refractivity contribution < 1.29 is 4.79 Å². The molecule has 4 nitrogen and oxygen atoms in total. The van der Waals surface area contributed by atoms with Crippen molar-refractivity contribution in [2.24, 2.45) is 0 Å². The first-order chi connectivity index (χ1) is 7.74. The Labute approximate surface area is 101 Å². The summed E-state index contributed by atoms with van der Waals surface area (Å²) in [6.45, 7) is 2.67. The zero-order valence-electron chi connectivity index (χ0n) is 9.74. The number of hydrogen-bond acceptors (Lipinski definition) is 4. The highest BCUT2D eigenvalue weighted by atomic mass is 32.2. The minimum Gasteiger partial charge on any atom is -0.344 e. The summed E-state index contributed by atoms with van der Waals surface area (Å²) in [4.78, 5) is 13.3. The van der Waals surface area contributed by atoms with Crippen molar-refractivity contribution >= 4 is 17.7 Å². The lowest BCUT2D eigenvalue weighted by molar-refractivity contribution is -0.127. The summed E-state index contributed by atoms with van der Waals surface area (Å²) in [6.07, 6.45) is 2.72. The second-order valence-electron chi connectivity index (χ2n) is 3.98. The molecule has 0 radical (unpaired) electrons. The van der Waals surface area contributed by atoms with Crippen LogP contribution in [0.4, 0.5) is 0 Å². The molecule has 16 heavy (non-hydrogen) atoms. The van der Waals surface area contributed by atoms with Crippen LogP contribution in [0.25, 0.3) is 0 Å². The van der Waals surface area contributed by atoms with Crippen molar-refractivity contribution in [2.75, 3.05) is 32.4 Å². The molecule has 0 aromatic rings. The Morgan fingerprint density at radius 3 is 2.88 bits per heavy atom. The number of nitriles is 1. The van der Waals surface area contributed by atoms with E-state index in [1.807, 2.05) is 6.07 Å². The summed E-state index contributed by atoms with van der Waals surface area (Å²) in [6, 6.07) is 2.05. The molecule has 0 atom stereocenters. The molecule has 0 spiro atoms. The number of carbonyl (C=O) groups is 1. The fourth-order valence-electron chi connectivity index (χ4n) is 1.60. The lowest BCUT2D eigenvalue weighted by Gasteiger charge is -2.23. The Balaban J connectivity index is 2.15. The van der Waals surface area contributed by atoms with Gasteiger partial charge >= 0.3 is 0 Å². The fraction of sp³-hybridized carbons (Fsp3) is 0.818. The zero-order valence-corrected chi connectivity index (χ0v) is 10.6. The van der Waals surface area contributed by atoms with Gasteiger partial charge in [0.05, 0.1) is 18.2 Å². The van der Waals surface area contributed by atoms with E-state index in [2.05, 4.69) is 5.32 Å². The van der Waals surface area contributed by atoms with E-state index in [1.54, 1.807) is 23.7 Å². The van der Waals surface area contributed by atoms with Gasteiger partial charge in [0.25, 0.3) is 0 Å². The Morgan fingerprint density at radius 1 is 1.56 bits per heavy atom. The number of piperidine rings is 1. The Morgan fingerprint density at radius 2 is 2.25 bits per heavy atom. The molecule has 0 unspecified atom stereocenters. The molecular weight excluding hydrogens is 222 g/mol. The summed E-state index contributed by atoms with van der Waals surface area (Å²) in [5.74, 6) is 0.686. The molecule has 1 fully saturated rings. The Hall–Kier alpha value is -0.730. The lowest BCUT2D eigenvalue weighted by Crippen LogP contribution is -2.32. The number of amides is 1. The third-order valence-corrected chi connectivity index (χ3v) is 4.07. The van der Waals surface area contributed by atoms with Gasteiger partial charge in [-0.05, 0) is 25.9 Å². The van der Waals surface area contributed by atoms with E-state index >= 15 is 0 Å². The number of thioether (sulfide) groups is 1. The van der Waals surface area contributed by atoms with Crippen LogP contribution in [0.15, 0.2) is 0 Å². The molecule has 90 valence electrons.